The Hall–Kier alpha value is 0.0700. The van der Waals surface area contributed by atoms with Gasteiger partial charge in [-0.25, -0.2) is 0 Å². The third-order valence-electron chi connectivity index (χ3n) is 2.68. The Labute approximate surface area is 102 Å². The van der Waals surface area contributed by atoms with Gasteiger partial charge in [0.1, 0.15) is 12.2 Å². The van der Waals surface area contributed by atoms with Crippen molar-refractivity contribution in [3.8, 4) is 0 Å². The fourth-order valence-corrected chi connectivity index (χ4v) is 2.65. The maximum Gasteiger partial charge on any atom is 0.186 e. The van der Waals surface area contributed by atoms with Gasteiger partial charge in [-0.3, -0.25) is 0 Å². The second kappa shape index (κ2) is 5.81. The summed E-state index contributed by atoms with van der Waals surface area (Å²) in [7, 11) is -2.13. The van der Waals surface area contributed by atoms with Gasteiger partial charge in [-0.15, -0.1) is 0 Å². The lowest BCUT2D eigenvalue weighted by Crippen LogP contribution is -2.34. The molecule has 1 fully saturated rings. The van der Waals surface area contributed by atoms with Crippen LogP contribution in [0, 0.1) is 0 Å². The van der Waals surface area contributed by atoms with Crippen LogP contribution in [0.25, 0.3) is 0 Å². The van der Waals surface area contributed by atoms with E-state index in [1.54, 1.807) is 13.3 Å². The van der Waals surface area contributed by atoms with Crippen LogP contribution < -0.4 is 0 Å². The van der Waals surface area contributed by atoms with Gasteiger partial charge in [0.2, 0.25) is 0 Å². The first kappa shape index (κ1) is 15.1. The largest absolute Gasteiger partial charge is 0.387 e. The van der Waals surface area contributed by atoms with E-state index >= 15 is 0 Å². The molecule has 1 rings (SSSR count). The minimum absolute atomic E-state index is 0.0796. The van der Waals surface area contributed by atoms with Gasteiger partial charge < -0.3 is 24.3 Å². The highest BCUT2D eigenvalue weighted by Gasteiger charge is 2.43. The Bertz CT molecular complexity index is 288. The average molecular weight is 266 g/mol. The Kier molecular flexibility index (Phi) is 5.17. The van der Waals surface area contributed by atoms with Crippen LogP contribution >= 0.6 is 7.14 Å². The maximum atomic E-state index is 11.6. The molecule has 5 nitrogen and oxygen atoms in total. The lowest BCUT2D eigenvalue weighted by molar-refractivity contribution is -0.183. The monoisotopic (exact) mass is 266 g/mol. The summed E-state index contributed by atoms with van der Waals surface area (Å²) in [4.78, 5) is 0. The molecular formula is C11H23O5P. The minimum atomic E-state index is -2.13. The third kappa shape index (κ3) is 4.68. The number of aliphatic hydroxyl groups is 2. The summed E-state index contributed by atoms with van der Waals surface area (Å²) < 4.78 is 22.4. The van der Waals surface area contributed by atoms with E-state index in [-0.39, 0.29) is 6.10 Å². The summed E-state index contributed by atoms with van der Waals surface area (Å²) in [6.07, 6.45) is -2.40. The van der Waals surface area contributed by atoms with Crippen molar-refractivity contribution < 1.29 is 24.3 Å². The van der Waals surface area contributed by atoms with Gasteiger partial charge in [-0.1, -0.05) is 0 Å². The van der Waals surface area contributed by atoms with Crippen molar-refractivity contribution in [1.82, 2.24) is 0 Å². The van der Waals surface area contributed by atoms with Gasteiger partial charge >= 0.3 is 0 Å². The summed E-state index contributed by atoms with van der Waals surface area (Å²) >= 11 is 0. The first-order valence-electron chi connectivity index (χ1n) is 5.92. The number of hydrogen-bond donors (Lipinski definition) is 2. The van der Waals surface area contributed by atoms with Crippen LogP contribution in [0.4, 0.5) is 0 Å². The van der Waals surface area contributed by atoms with Gasteiger partial charge in [0, 0.05) is 6.16 Å². The lowest BCUT2D eigenvalue weighted by Gasteiger charge is -2.18. The Morgan fingerprint density at radius 1 is 1.29 bits per heavy atom. The maximum absolute atomic E-state index is 11.6. The zero-order valence-electron chi connectivity index (χ0n) is 10.9. The van der Waals surface area contributed by atoms with Crippen molar-refractivity contribution >= 4 is 7.14 Å². The average Bonchev–Trinajstić information content (AvgIpc) is 2.41. The first-order chi connectivity index (χ1) is 7.70. The van der Waals surface area contributed by atoms with E-state index in [2.05, 4.69) is 0 Å². The van der Waals surface area contributed by atoms with E-state index < -0.39 is 31.7 Å². The van der Waals surface area contributed by atoms with Gasteiger partial charge in [0.15, 0.2) is 6.29 Å². The van der Waals surface area contributed by atoms with Crippen molar-refractivity contribution in [2.24, 2.45) is 0 Å². The van der Waals surface area contributed by atoms with Crippen molar-refractivity contribution in [3.63, 3.8) is 0 Å². The van der Waals surface area contributed by atoms with Crippen molar-refractivity contribution in [1.29, 1.82) is 0 Å². The zero-order chi connectivity index (χ0) is 13.2. The molecule has 0 spiro atoms. The first-order valence-corrected chi connectivity index (χ1v) is 8.70. The van der Waals surface area contributed by atoms with Crippen molar-refractivity contribution in [2.45, 2.75) is 51.0 Å². The second-order valence-corrected chi connectivity index (χ2v) is 8.89. The summed E-state index contributed by atoms with van der Waals surface area (Å²) in [5.41, 5.74) is 0. The van der Waals surface area contributed by atoms with E-state index in [0.29, 0.717) is 12.6 Å². The molecule has 2 N–H and O–H groups in total. The van der Waals surface area contributed by atoms with Gasteiger partial charge in [0.05, 0.1) is 19.3 Å². The molecule has 0 aromatic heterocycles. The van der Waals surface area contributed by atoms with Crippen LogP contribution in [-0.4, -0.2) is 60.4 Å². The van der Waals surface area contributed by atoms with Crippen LogP contribution in [0.5, 0.6) is 0 Å². The molecule has 6 heteroatoms. The highest BCUT2D eigenvalue weighted by Crippen LogP contribution is 2.38. The van der Waals surface area contributed by atoms with E-state index in [4.69, 9.17) is 9.47 Å². The zero-order valence-corrected chi connectivity index (χ0v) is 11.8. The van der Waals surface area contributed by atoms with Crippen molar-refractivity contribution in [2.75, 3.05) is 19.5 Å². The Morgan fingerprint density at radius 2 is 1.88 bits per heavy atom. The van der Waals surface area contributed by atoms with E-state index in [0.717, 1.165) is 0 Å². The summed E-state index contributed by atoms with van der Waals surface area (Å²) in [5, 5.41) is 19.5. The molecule has 0 aromatic rings. The molecular weight excluding hydrogens is 243 g/mol. The molecule has 0 amide bonds. The summed E-state index contributed by atoms with van der Waals surface area (Å²) in [5.74, 6) is 0. The topological polar surface area (TPSA) is 76.0 Å². The highest BCUT2D eigenvalue weighted by molar-refractivity contribution is 7.62. The standard InChI is InChI=1S/C11H23O5P/c1-7(2)15-11-10(13)9(12)8(16-11)5-6-17(3,4)14/h7-13H,5-6H2,1-4H3/t8-,9-,10-,11-/m1/s1. The fraction of sp³-hybridized carbons (Fsp3) is 1.00. The predicted molar refractivity (Wildman–Crippen MR) is 65.8 cm³/mol. The van der Waals surface area contributed by atoms with E-state index in [9.17, 15) is 14.8 Å². The normalized spacial score (nSPS) is 34.5. The van der Waals surface area contributed by atoms with Crippen molar-refractivity contribution in [3.05, 3.63) is 0 Å². The van der Waals surface area contributed by atoms with Crippen LogP contribution in [0.15, 0.2) is 0 Å². The third-order valence-corrected chi connectivity index (χ3v) is 4.01. The Balaban J connectivity index is 2.50. The minimum Gasteiger partial charge on any atom is -0.387 e. The molecule has 1 aliphatic heterocycles. The van der Waals surface area contributed by atoms with Crippen LogP contribution in [-0.2, 0) is 14.0 Å². The number of ether oxygens (including phenoxy) is 2. The highest BCUT2D eigenvalue weighted by atomic mass is 31.2. The smallest absolute Gasteiger partial charge is 0.186 e. The molecule has 0 aromatic carbocycles. The van der Waals surface area contributed by atoms with E-state index in [1.807, 2.05) is 13.8 Å². The van der Waals surface area contributed by atoms with Crippen LogP contribution in [0.3, 0.4) is 0 Å². The molecule has 0 bridgehead atoms. The lowest BCUT2D eigenvalue weighted by atomic mass is 10.1. The van der Waals surface area contributed by atoms with Gasteiger partial charge in [-0.05, 0) is 33.6 Å². The quantitative estimate of drug-likeness (QED) is 0.722. The Morgan fingerprint density at radius 3 is 2.35 bits per heavy atom. The molecule has 0 unspecified atom stereocenters. The molecule has 0 radical (unpaired) electrons. The molecule has 1 aliphatic rings. The molecule has 102 valence electrons. The van der Waals surface area contributed by atoms with Crippen LogP contribution in [0.2, 0.25) is 0 Å². The summed E-state index contributed by atoms with van der Waals surface area (Å²) in [6.45, 7) is 7.07. The number of hydrogen-bond acceptors (Lipinski definition) is 5. The van der Waals surface area contributed by atoms with Crippen LogP contribution in [0.1, 0.15) is 20.3 Å². The number of rotatable bonds is 5. The predicted octanol–water partition coefficient (Wildman–Crippen LogP) is 0.871. The molecule has 4 atom stereocenters. The fourth-order valence-electron chi connectivity index (χ4n) is 1.77. The molecule has 1 heterocycles. The molecule has 0 aliphatic carbocycles. The molecule has 1 saturated heterocycles. The van der Waals surface area contributed by atoms with Gasteiger partial charge in [-0.2, -0.15) is 0 Å². The SMILES string of the molecule is CC(C)O[C@@H]1O[C@H](CCP(C)(C)=O)[C@@H](O)[C@H]1O. The number of aliphatic hydroxyl groups excluding tert-OH is 2. The van der Waals surface area contributed by atoms with E-state index in [1.165, 1.54) is 0 Å². The molecule has 17 heavy (non-hydrogen) atoms. The van der Waals surface area contributed by atoms with Gasteiger partial charge in [0.25, 0.3) is 0 Å². The second-order valence-electron chi connectivity index (χ2n) is 5.30. The summed E-state index contributed by atoms with van der Waals surface area (Å²) in [6, 6.07) is 0. The molecule has 0 saturated carbocycles.